The van der Waals surface area contributed by atoms with Crippen LogP contribution in [0.1, 0.15) is 18.1 Å². The van der Waals surface area contributed by atoms with Crippen molar-refractivity contribution in [1.82, 2.24) is 10.2 Å². The Kier molecular flexibility index (Phi) is 9.59. The minimum Gasteiger partial charge on any atom is -0.465 e. The van der Waals surface area contributed by atoms with Crippen LogP contribution in [-0.2, 0) is 14.3 Å². The fraction of sp³-hybridized carbons (Fsp3) is 0.250. The zero-order valence-electron chi connectivity index (χ0n) is 16.5. The second-order valence-electron chi connectivity index (χ2n) is 6.06. The Bertz CT molecular complexity index is 844. The molecule has 0 aliphatic rings. The summed E-state index contributed by atoms with van der Waals surface area (Å²) in [5, 5.41) is 2.56. The predicted octanol–water partition coefficient (Wildman–Crippen LogP) is 2.07. The van der Waals surface area contributed by atoms with E-state index in [-0.39, 0.29) is 25.6 Å². The highest BCUT2D eigenvalue weighted by atomic mass is 16.5. The zero-order chi connectivity index (χ0) is 20.7. The maximum Gasteiger partial charge on any atom is 0.325 e. The lowest BCUT2D eigenvalue weighted by Gasteiger charge is -2.16. The Morgan fingerprint density at radius 3 is 1.90 bits per heavy atom. The Hall–Kier alpha value is -3.54. The van der Waals surface area contributed by atoms with E-state index in [1.165, 1.54) is 0 Å². The lowest BCUT2D eigenvalue weighted by molar-refractivity contribution is -0.143. The monoisotopic (exact) mass is 388 g/mol. The molecule has 0 aromatic heterocycles. The minimum absolute atomic E-state index is 0.0896. The van der Waals surface area contributed by atoms with E-state index in [4.69, 9.17) is 4.74 Å². The van der Waals surface area contributed by atoms with E-state index in [2.05, 4.69) is 29.0 Å². The van der Waals surface area contributed by atoms with Gasteiger partial charge >= 0.3 is 5.97 Å². The van der Waals surface area contributed by atoms with Crippen LogP contribution in [0.5, 0.6) is 0 Å². The lowest BCUT2D eigenvalue weighted by atomic mass is 10.2. The van der Waals surface area contributed by atoms with Crippen LogP contribution in [0.3, 0.4) is 0 Å². The number of carbonyl (C=O) groups excluding carboxylic acids is 2. The van der Waals surface area contributed by atoms with Crippen LogP contribution in [0.25, 0.3) is 0 Å². The summed E-state index contributed by atoms with van der Waals surface area (Å²) < 4.78 is 4.81. The summed E-state index contributed by atoms with van der Waals surface area (Å²) in [7, 11) is 0. The van der Waals surface area contributed by atoms with Crippen molar-refractivity contribution in [3.63, 3.8) is 0 Å². The topological polar surface area (TPSA) is 58.6 Å². The normalized spacial score (nSPS) is 9.59. The molecule has 0 aliphatic heterocycles. The molecule has 1 amide bonds. The molecular weight excluding hydrogens is 364 g/mol. The first-order valence-corrected chi connectivity index (χ1v) is 9.40. The first kappa shape index (κ1) is 21.8. The molecule has 0 bridgehead atoms. The number of hydrogen-bond donors (Lipinski definition) is 1. The van der Waals surface area contributed by atoms with E-state index < -0.39 is 5.97 Å². The molecule has 0 saturated carbocycles. The van der Waals surface area contributed by atoms with Crippen molar-refractivity contribution in [3.05, 3.63) is 71.8 Å². The average molecular weight is 388 g/mol. The van der Waals surface area contributed by atoms with Gasteiger partial charge in [0.25, 0.3) is 0 Å². The average Bonchev–Trinajstić information content (AvgIpc) is 2.74. The molecule has 29 heavy (non-hydrogen) atoms. The maximum absolute atomic E-state index is 12.2. The zero-order valence-corrected chi connectivity index (χ0v) is 16.5. The lowest BCUT2D eigenvalue weighted by Crippen LogP contribution is -2.40. The number of nitrogens with one attached hydrogen (secondary N) is 1. The van der Waals surface area contributed by atoms with E-state index >= 15 is 0 Å². The molecule has 0 unspecified atom stereocenters. The Morgan fingerprint density at radius 1 is 0.897 bits per heavy atom. The first-order valence-electron chi connectivity index (χ1n) is 9.40. The van der Waals surface area contributed by atoms with Crippen LogP contribution in [0.4, 0.5) is 0 Å². The van der Waals surface area contributed by atoms with Crippen LogP contribution in [0.15, 0.2) is 60.7 Å². The molecule has 0 radical (unpaired) electrons. The summed E-state index contributed by atoms with van der Waals surface area (Å²) in [6.45, 7) is 2.71. The molecule has 2 rings (SSSR count). The van der Waals surface area contributed by atoms with Gasteiger partial charge < -0.3 is 10.1 Å². The third kappa shape index (κ3) is 9.28. The second kappa shape index (κ2) is 12.8. The highest BCUT2D eigenvalue weighted by Crippen LogP contribution is 1.97. The Morgan fingerprint density at radius 2 is 1.41 bits per heavy atom. The molecular formula is C24H24N2O3. The van der Waals surface area contributed by atoms with Gasteiger partial charge in [0.1, 0.15) is 6.54 Å². The number of amides is 1. The largest absolute Gasteiger partial charge is 0.465 e. The quantitative estimate of drug-likeness (QED) is 0.583. The number of nitrogens with zero attached hydrogens (tertiary/aromatic N) is 1. The molecule has 2 aromatic carbocycles. The fourth-order valence-electron chi connectivity index (χ4n) is 2.36. The van der Waals surface area contributed by atoms with E-state index in [9.17, 15) is 9.59 Å². The summed E-state index contributed by atoms with van der Waals surface area (Å²) >= 11 is 0. The molecule has 5 heteroatoms. The van der Waals surface area contributed by atoms with E-state index in [0.29, 0.717) is 13.1 Å². The molecule has 0 aliphatic carbocycles. The van der Waals surface area contributed by atoms with E-state index in [1.54, 1.807) is 6.92 Å². The highest BCUT2D eigenvalue weighted by Gasteiger charge is 2.10. The summed E-state index contributed by atoms with van der Waals surface area (Å²) in [6, 6.07) is 19.3. The van der Waals surface area contributed by atoms with Crippen molar-refractivity contribution >= 4 is 11.9 Å². The molecule has 0 atom stereocenters. The third-order valence-corrected chi connectivity index (χ3v) is 3.72. The van der Waals surface area contributed by atoms with E-state index in [1.807, 2.05) is 65.6 Å². The van der Waals surface area contributed by atoms with Gasteiger partial charge in [0.15, 0.2) is 0 Å². The first-order chi connectivity index (χ1) is 14.2. The van der Waals surface area contributed by atoms with Crippen molar-refractivity contribution in [3.8, 4) is 23.7 Å². The van der Waals surface area contributed by atoms with Crippen molar-refractivity contribution in [2.75, 3.05) is 32.8 Å². The van der Waals surface area contributed by atoms with Gasteiger partial charge in [-0.05, 0) is 31.2 Å². The summed E-state index contributed by atoms with van der Waals surface area (Å²) in [6.07, 6.45) is 0. The fourth-order valence-corrected chi connectivity index (χ4v) is 2.36. The van der Waals surface area contributed by atoms with Crippen LogP contribution < -0.4 is 5.32 Å². The van der Waals surface area contributed by atoms with Gasteiger partial charge in [0.05, 0.1) is 26.2 Å². The van der Waals surface area contributed by atoms with E-state index in [0.717, 1.165) is 11.1 Å². The van der Waals surface area contributed by atoms with Crippen LogP contribution in [-0.4, -0.2) is 49.6 Å². The molecule has 148 valence electrons. The van der Waals surface area contributed by atoms with Crippen molar-refractivity contribution in [2.45, 2.75) is 6.92 Å². The summed E-state index contributed by atoms with van der Waals surface area (Å²) in [5.74, 6) is 11.6. The van der Waals surface area contributed by atoms with Gasteiger partial charge in [-0.15, -0.1) is 0 Å². The molecule has 0 saturated heterocycles. The van der Waals surface area contributed by atoms with Crippen LogP contribution >= 0.6 is 0 Å². The standard InChI is InChI=1S/C24H24N2O3/c1-2-29-24(28)19-25-23(27)20-26(17-9-15-21-11-5-3-6-12-21)18-10-16-22-13-7-4-8-14-22/h3-8,11-14H,2,17-20H2,1H3,(H,25,27). The SMILES string of the molecule is CCOC(=O)CNC(=O)CN(CC#Cc1ccccc1)CC#Cc1ccccc1. The van der Waals surface area contributed by atoms with Gasteiger partial charge in [-0.25, -0.2) is 0 Å². The van der Waals surface area contributed by atoms with Crippen molar-refractivity contribution < 1.29 is 14.3 Å². The summed E-state index contributed by atoms with van der Waals surface area (Å²) in [4.78, 5) is 25.4. The molecule has 0 spiro atoms. The van der Waals surface area contributed by atoms with Gasteiger partial charge in [-0.1, -0.05) is 60.1 Å². The molecule has 1 N–H and O–H groups in total. The van der Waals surface area contributed by atoms with Crippen molar-refractivity contribution in [2.24, 2.45) is 0 Å². The van der Waals surface area contributed by atoms with Crippen LogP contribution in [0.2, 0.25) is 0 Å². The van der Waals surface area contributed by atoms with Gasteiger partial charge in [0, 0.05) is 11.1 Å². The summed E-state index contributed by atoms with van der Waals surface area (Å²) in [5.41, 5.74) is 1.82. The van der Waals surface area contributed by atoms with Gasteiger partial charge in [-0.2, -0.15) is 0 Å². The van der Waals surface area contributed by atoms with Gasteiger partial charge in [-0.3, -0.25) is 14.5 Å². The number of ether oxygens (including phenoxy) is 1. The van der Waals surface area contributed by atoms with Gasteiger partial charge in [0.2, 0.25) is 5.91 Å². The second-order valence-corrected chi connectivity index (χ2v) is 6.06. The molecule has 0 fully saturated rings. The number of hydrogen-bond acceptors (Lipinski definition) is 4. The highest BCUT2D eigenvalue weighted by molar-refractivity contribution is 5.83. The minimum atomic E-state index is -0.458. The van der Waals surface area contributed by atoms with Crippen molar-refractivity contribution in [1.29, 1.82) is 0 Å². The number of benzene rings is 2. The smallest absolute Gasteiger partial charge is 0.325 e. The molecule has 0 heterocycles. The van der Waals surface area contributed by atoms with Crippen LogP contribution in [0, 0.1) is 23.7 Å². The Labute approximate surface area is 172 Å². The number of rotatable bonds is 7. The maximum atomic E-state index is 12.2. The molecule has 2 aromatic rings. The third-order valence-electron chi connectivity index (χ3n) is 3.72. The Balaban J connectivity index is 1.96. The molecule has 5 nitrogen and oxygen atoms in total. The number of carbonyl (C=O) groups is 2. The number of esters is 1. The predicted molar refractivity (Wildman–Crippen MR) is 113 cm³/mol.